The first-order chi connectivity index (χ1) is 9.58. The van der Waals surface area contributed by atoms with Crippen LogP contribution in [0.3, 0.4) is 0 Å². The Hall–Kier alpha value is -2.15. The Bertz CT molecular complexity index is 502. The van der Waals surface area contributed by atoms with Crippen LogP contribution in [0.25, 0.3) is 0 Å². The van der Waals surface area contributed by atoms with Crippen molar-refractivity contribution in [2.75, 3.05) is 38.1 Å². The molecule has 1 heterocycles. The molecule has 20 heavy (non-hydrogen) atoms. The van der Waals surface area contributed by atoms with Crippen LogP contribution in [0.5, 0.6) is 0 Å². The number of likely N-dealkylation sites (N-methyl/N-ethyl adjacent to an activating group) is 1. The third kappa shape index (κ3) is 3.45. The summed E-state index contributed by atoms with van der Waals surface area (Å²) < 4.78 is 0. The van der Waals surface area contributed by atoms with Crippen LogP contribution in [0.1, 0.15) is 0 Å². The van der Waals surface area contributed by atoms with Crippen molar-refractivity contribution >= 4 is 17.3 Å². The second-order valence-corrected chi connectivity index (χ2v) is 4.93. The highest BCUT2D eigenvalue weighted by atomic mass is 16.6. The molecule has 7 heteroatoms. The summed E-state index contributed by atoms with van der Waals surface area (Å²) in [6.45, 7) is 2.61. The van der Waals surface area contributed by atoms with Gasteiger partial charge in [0.05, 0.1) is 11.5 Å². The van der Waals surface area contributed by atoms with Crippen LogP contribution >= 0.6 is 0 Å². The smallest absolute Gasteiger partial charge is 0.292 e. The molecule has 0 saturated carbocycles. The highest BCUT2D eigenvalue weighted by Gasteiger charge is 2.20. The molecule has 1 amide bonds. The van der Waals surface area contributed by atoms with Crippen LogP contribution in [-0.2, 0) is 4.79 Å². The molecule has 0 radical (unpaired) electrons. The molecule has 1 aliphatic rings. The topological polar surface area (TPSA) is 87.5 Å². The van der Waals surface area contributed by atoms with Crippen LogP contribution in [0.2, 0.25) is 0 Å². The molecule has 0 atom stereocenters. The van der Waals surface area contributed by atoms with Gasteiger partial charge in [-0.05, 0) is 6.07 Å². The van der Waals surface area contributed by atoms with Gasteiger partial charge < -0.3 is 15.5 Å². The minimum absolute atomic E-state index is 0.00555. The molecule has 2 rings (SSSR count). The van der Waals surface area contributed by atoms with Crippen molar-refractivity contribution in [1.29, 1.82) is 0 Å². The van der Waals surface area contributed by atoms with Crippen molar-refractivity contribution in [2.45, 2.75) is 0 Å². The van der Waals surface area contributed by atoms with Gasteiger partial charge in [0.25, 0.3) is 5.69 Å². The molecule has 0 unspecified atom stereocenters. The van der Waals surface area contributed by atoms with Gasteiger partial charge in [0.1, 0.15) is 5.69 Å². The molecule has 1 aromatic rings. The number of rotatable bonds is 6. The number of anilines is 1. The fourth-order valence-corrected chi connectivity index (χ4v) is 2.05. The summed E-state index contributed by atoms with van der Waals surface area (Å²) in [5.74, 6) is 0.368. The van der Waals surface area contributed by atoms with E-state index in [2.05, 4.69) is 10.6 Å². The molecule has 0 spiro atoms. The fraction of sp³-hybridized carbons (Fsp3) is 0.462. The van der Waals surface area contributed by atoms with Crippen LogP contribution in [0.4, 0.5) is 11.4 Å². The average molecular weight is 278 g/mol. The summed E-state index contributed by atoms with van der Waals surface area (Å²) in [4.78, 5) is 23.9. The van der Waals surface area contributed by atoms with E-state index in [1.165, 1.54) is 6.07 Å². The van der Waals surface area contributed by atoms with Crippen molar-refractivity contribution in [2.24, 2.45) is 5.92 Å². The Kier molecular flexibility index (Phi) is 4.52. The summed E-state index contributed by atoms with van der Waals surface area (Å²) >= 11 is 0. The van der Waals surface area contributed by atoms with Crippen molar-refractivity contribution < 1.29 is 9.72 Å². The monoisotopic (exact) mass is 278 g/mol. The van der Waals surface area contributed by atoms with Crippen molar-refractivity contribution in [1.82, 2.24) is 10.6 Å². The first-order valence-corrected chi connectivity index (χ1v) is 6.50. The van der Waals surface area contributed by atoms with Crippen molar-refractivity contribution in [3.63, 3.8) is 0 Å². The number of hydrogen-bond acceptors (Lipinski definition) is 5. The van der Waals surface area contributed by atoms with E-state index in [1.807, 2.05) is 0 Å². The van der Waals surface area contributed by atoms with E-state index in [0.717, 1.165) is 13.1 Å². The molecular formula is C13H18N4O3. The zero-order chi connectivity index (χ0) is 14.5. The van der Waals surface area contributed by atoms with E-state index in [0.29, 0.717) is 18.2 Å². The lowest BCUT2D eigenvalue weighted by molar-refractivity contribution is -0.384. The third-order valence-corrected chi connectivity index (χ3v) is 3.32. The average Bonchev–Trinajstić information content (AvgIpc) is 2.36. The Morgan fingerprint density at radius 1 is 1.50 bits per heavy atom. The normalized spacial score (nSPS) is 14.4. The fourth-order valence-electron chi connectivity index (χ4n) is 2.05. The molecule has 0 aromatic heterocycles. The van der Waals surface area contributed by atoms with Crippen LogP contribution < -0.4 is 15.5 Å². The number of amides is 1. The van der Waals surface area contributed by atoms with Gasteiger partial charge in [-0.15, -0.1) is 0 Å². The number of carbonyl (C=O) groups is 1. The number of benzene rings is 1. The molecule has 0 aliphatic carbocycles. The quantitative estimate of drug-likeness (QED) is 0.580. The third-order valence-electron chi connectivity index (χ3n) is 3.32. The number of carbonyl (C=O) groups excluding carboxylic acids is 1. The lowest BCUT2D eigenvalue weighted by Gasteiger charge is -2.27. The van der Waals surface area contributed by atoms with Gasteiger partial charge in [0.15, 0.2) is 0 Å². The van der Waals surface area contributed by atoms with Crippen LogP contribution in [-0.4, -0.2) is 44.1 Å². The number of nitrogens with one attached hydrogen (secondary N) is 2. The standard InChI is InChI=1S/C13H18N4O3/c1-16(9-13(18)15-8-10-6-14-7-10)11-4-2-3-5-12(11)17(19)20/h2-5,10,14H,6-9H2,1H3,(H,15,18). The van der Waals surface area contributed by atoms with Gasteiger partial charge in [-0.25, -0.2) is 0 Å². The lowest BCUT2D eigenvalue weighted by Crippen LogP contribution is -2.49. The molecule has 108 valence electrons. The van der Waals surface area contributed by atoms with Gasteiger partial charge in [-0.2, -0.15) is 0 Å². The zero-order valence-electron chi connectivity index (χ0n) is 11.3. The van der Waals surface area contributed by atoms with Gasteiger partial charge in [-0.3, -0.25) is 14.9 Å². The Labute approximate surface area is 117 Å². The minimum atomic E-state index is -0.441. The van der Waals surface area contributed by atoms with E-state index in [-0.39, 0.29) is 18.1 Å². The van der Waals surface area contributed by atoms with Gasteiger partial charge in [0.2, 0.25) is 5.91 Å². The number of nitrogens with zero attached hydrogens (tertiary/aromatic N) is 2. The Morgan fingerprint density at radius 2 is 2.20 bits per heavy atom. The van der Waals surface area contributed by atoms with E-state index in [1.54, 1.807) is 30.1 Å². The van der Waals surface area contributed by atoms with E-state index in [9.17, 15) is 14.9 Å². The first-order valence-electron chi connectivity index (χ1n) is 6.50. The largest absolute Gasteiger partial charge is 0.360 e. The molecule has 1 saturated heterocycles. The maximum atomic E-state index is 11.8. The van der Waals surface area contributed by atoms with E-state index >= 15 is 0 Å². The summed E-state index contributed by atoms with van der Waals surface area (Å²) in [6, 6.07) is 6.40. The van der Waals surface area contributed by atoms with Crippen molar-refractivity contribution in [3.8, 4) is 0 Å². The Morgan fingerprint density at radius 3 is 2.80 bits per heavy atom. The molecule has 1 aromatic carbocycles. The molecule has 2 N–H and O–H groups in total. The van der Waals surface area contributed by atoms with E-state index < -0.39 is 4.92 Å². The lowest BCUT2D eigenvalue weighted by atomic mass is 10.0. The van der Waals surface area contributed by atoms with Gasteiger partial charge in [0, 0.05) is 38.7 Å². The maximum absolute atomic E-state index is 11.8. The number of nitro groups is 1. The number of hydrogen-bond donors (Lipinski definition) is 2. The summed E-state index contributed by atoms with van der Waals surface area (Å²) in [6.07, 6.45) is 0. The molecule has 0 bridgehead atoms. The maximum Gasteiger partial charge on any atom is 0.292 e. The summed E-state index contributed by atoms with van der Waals surface area (Å²) in [5, 5.41) is 16.9. The van der Waals surface area contributed by atoms with Crippen molar-refractivity contribution in [3.05, 3.63) is 34.4 Å². The van der Waals surface area contributed by atoms with Crippen LogP contribution in [0.15, 0.2) is 24.3 Å². The predicted molar refractivity (Wildman–Crippen MR) is 75.7 cm³/mol. The summed E-state index contributed by atoms with van der Waals surface area (Å²) in [7, 11) is 1.67. The Balaban J connectivity index is 1.91. The second kappa shape index (κ2) is 6.33. The number of para-hydroxylation sites is 2. The summed E-state index contributed by atoms with van der Waals surface area (Å²) in [5.41, 5.74) is 0.448. The van der Waals surface area contributed by atoms with Gasteiger partial charge >= 0.3 is 0 Å². The second-order valence-electron chi connectivity index (χ2n) is 4.93. The predicted octanol–water partition coefficient (Wildman–Crippen LogP) is 0.367. The number of nitro benzene ring substituents is 1. The SMILES string of the molecule is CN(CC(=O)NCC1CNC1)c1ccccc1[N+](=O)[O-]. The molecule has 1 fully saturated rings. The molecule has 7 nitrogen and oxygen atoms in total. The van der Waals surface area contributed by atoms with E-state index in [4.69, 9.17) is 0 Å². The zero-order valence-corrected chi connectivity index (χ0v) is 11.3. The van der Waals surface area contributed by atoms with Crippen LogP contribution in [0, 0.1) is 16.0 Å². The minimum Gasteiger partial charge on any atom is -0.360 e. The molecule has 1 aliphatic heterocycles. The van der Waals surface area contributed by atoms with Gasteiger partial charge in [-0.1, -0.05) is 12.1 Å². The highest BCUT2D eigenvalue weighted by Crippen LogP contribution is 2.26. The molecular weight excluding hydrogens is 260 g/mol. The highest BCUT2D eigenvalue weighted by molar-refractivity contribution is 5.82. The first kappa shape index (κ1) is 14.3.